The third-order valence-electron chi connectivity index (χ3n) is 7.56. The van der Waals surface area contributed by atoms with Gasteiger partial charge in [-0.1, -0.05) is 35.9 Å². The number of rotatable bonds is 5. The molecule has 3 N–H and O–H groups in total. The second kappa shape index (κ2) is 8.42. The molecule has 2 fully saturated rings. The molecule has 2 saturated carbocycles. The average Bonchev–Trinajstić information content (AvgIpc) is 3.53. The van der Waals surface area contributed by atoms with Crippen LogP contribution in [0.5, 0.6) is 5.75 Å². The molecule has 1 heterocycles. The zero-order valence-corrected chi connectivity index (χ0v) is 18.7. The number of fused-ring (bicyclic) bond motifs is 2. The molecule has 0 radical (unpaired) electrons. The first-order chi connectivity index (χ1) is 15.8. The molecule has 5 nitrogen and oxygen atoms in total. The molecule has 5 rings (SSSR count). The van der Waals surface area contributed by atoms with E-state index in [1.54, 1.807) is 36.4 Å². The topological polar surface area (TPSA) is 87.0 Å². The maximum absolute atomic E-state index is 14.5. The number of halogens is 2. The van der Waals surface area contributed by atoms with Crippen LogP contribution in [0, 0.1) is 17.7 Å². The molecule has 0 amide bonds. The van der Waals surface area contributed by atoms with Crippen LogP contribution in [0.3, 0.4) is 0 Å². The Balaban J connectivity index is 1.35. The summed E-state index contributed by atoms with van der Waals surface area (Å²) < 4.78 is 20.7. The highest BCUT2D eigenvalue weighted by Crippen LogP contribution is 2.54. The lowest BCUT2D eigenvalue weighted by Crippen LogP contribution is -2.27. The van der Waals surface area contributed by atoms with Crippen LogP contribution in [0.15, 0.2) is 48.6 Å². The first kappa shape index (κ1) is 22.4. The minimum atomic E-state index is -1.01. The molecule has 0 bridgehead atoms. The normalized spacial score (nSPS) is 28.5. The predicted octanol–water partition coefficient (Wildman–Crippen LogP) is 4.52. The molecule has 2 aromatic rings. The van der Waals surface area contributed by atoms with Crippen LogP contribution in [-0.2, 0) is 11.8 Å². The summed E-state index contributed by atoms with van der Waals surface area (Å²) in [6.07, 6.45) is 4.92. The van der Waals surface area contributed by atoms with E-state index in [2.05, 4.69) is 0 Å². The fourth-order valence-electron chi connectivity index (χ4n) is 5.60. The molecule has 33 heavy (non-hydrogen) atoms. The van der Waals surface area contributed by atoms with Crippen molar-refractivity contribution < 1.29 is 29.2 Å². The van der Waals surface area contributed by atoms with Gasteiger partial charge in [0.1, 0.15) is 17.7 Å². The molecule has 5 atom stereocenters. The molecule has 2 aliphatic carbocycles. The average molecular weight is 473 g/mol. The first-order valence-electron chi connectivity index (χ1n) is 11.3. The third kappa shape index (κ3) is 3.94. The van der Waals surface area contributed by atoms with Crippen LogP contribution in [0.4, 0.5) is 4.39 Å². The number of carboxylic acids is 1. The Labute approximate surface area is 196 Å². The van der Waals surface area contributed by atoms with Gasteiger partial charge < -0.3 is 20.1 Å². The summed E-state index contributed by atoms with van der Waals surface area (Å²) in [5.41, 5.74) is 0.756. The smallest absolute Gasteiger partial charge is 0.335 e. The number of benzene rings is 2. The molecular weight excluding hydrogens is 447 g/mol. The maximum Gasteiger partial charge on any atom is 0.335 e. The van der Waals surface area contributed by atoms with Gasteiger partial charge in [-0.15, -0.1) is 0 Å². The molecule has 0 aromatic heterocycles. The van der Waals surface area contributed by atoms with Gasteiger partial charge in [-0.25, -0.2) is 9.18 Å². The van der Waals surface area contributed by atoms with Gasteiger partial charge in [0.2, 0.25) is 0 Å². The monoisotopic (exact) mass is 472 g/mol. The van der Waals surface area contributed by atoms with Crippen molar-refractivity contribution in [2.75, 3.05) is 0 Å². The van der Waals surface area contributed by atoms with Crippen LogP contribution in [-0.4, -0.2) is 39.6 Å². The van der Waals surface area contributed by atoms with Gasteiger partial charge >= 0.3 is 5.97 Å². The Kier molecular flexibility index (Phi) is 5.71. The lowest BCUT2D eigenvalue weighted by atomic mass is 9.85. The van der Waals surface area contributed by atoms with Crippen molar-refractivity contribution in [3.05, 3.63) is 76.1 Å². The maximum atomic E-state index is 14.5. The van der Waals surface area contributed by atoms with E-state index < -0.39 is 29.4 Å². The second-order valence-electron chi connectivity index (χ2n) is 9.45. The second-order valence-corrected chi connectivity index (χ2v) is 9.86. The largest absolute Gasteiger partial charge is 0.490 e. The SMILES string of the molecule is O=C(O)c1ccc2c(c1)O[C@H]1C[C@@H](O)[C@H](/C=C/C(O)C3(c4c(F)cccc4Cl)CC3)[C@H]1CC2. The third-order valence-corrected chi connectivity index (χ3v) is 7.88. The number of aromatic carboxylic acids is 1. The van der Waals surface area contributed by atoms with E-state index in [1.165, 1.54) is 6.07 Å². The van der Waals surface area contributed by atoms with E-state index in [0.717, 1.165) is 12.0 Å². The Hall–Kier alpha value is -2.41. The number of carbonyl (C=O) groups is 1. The zero-order chi connectivity index (χ0) is 23.3. The Morgan fingerprint density at radius 2 is 2.06 bits per heavy atom. The summed E-state index contributed by atoms with van der Waals surface area (Å²) in [6, 6.07) is 9.47. The summed E-state index contributed by atoms with van der Waals surface area (Å²) in [5, 5.41) is 31.3. The Morgan fingerprint density at radius 1 is 1.27 bits per heavy atom. The van der Waals surface area contributed by atoms with Gasteiger partial charge in [0, 0.05) is 34.3 Å². The number of ether oxygens (including phenoxy) is 1. The molecule has 7 heteroatoms. The lowest BCUT2D eigenvalue weighted by molar-refractivity contribution is 0.0695. The quantitative estimate of drug-likeness (QED) is 0.557. The van der Waals surface area contributed by atoms with Crippen molar-refractivity contribution in [1.29, 1.82) is 0 Å². The van der Waals surface area contributed by atoms with Crippen LogP contribution in [0.1, 0.15) is 47.2 Å². The molecule has 1 unspecified atom stereocenters. The minimum absolute atomic E-state index is 0.0244. The van der Waals surface area contributed by atoms with Crippen LogP contribution < -0.4 is 4.74 Å². The van der Waals surface area contributed by atoms with E-state index in [0.29, 0.717) is 42.0 Å². The van der Waals surface area contributed by atoms with Crippen molar-refractivity contribution >= 4 is 17.6 Å². The van der Waals surface area contributed by atoms with Crippen molar-refractivity contribution in [1.82, 2.24) is 0 Å². The molecule has 0 saturated heterocycles. The van der Waals surface area contributed by atoms with Crippen molar-refractivity contribution in [3.8, 4) is 5.75 Å². The summed E-state index contributed by atoms with van der Waals surface area (Å²) in [6.45, 7) is 0. The predicted molar refractivity (Wildman–Crippen MR) is 121 cm³/mol. The van der Waals surface area contributed by atoms with Crippen LogP contribution in [0.2, 0.25) is 5.02 Å². The summed E-state index contributed by atoms with van der Waals surface area (Å²) in [5.74, 6) is -1.05. The number of aliphatic hydroxyl groups is 2. The highest BCUT2D eigenvalue weighted by Gasteiger charge is 2.52. The number of aryl methyl sites for hydroxylation is 1. The summed E-state index contributed by atoms with van der Waals surface area (Å²) in [4.78, 5) is 11.3. The van der Waals surface area contributed by atoms with E-state index in [1.807, 2.05) is 6.08 Å². The van der Waals surface area contributed by atoms with E-state index in [4.69, 9.17) is 16.3 Å². The van der Waals surface area contributed by atoms with Gasteiger partial charge in [0.15, 0.2) is 0 Å². The first-order valence-corrected chi connectivity index (χ1v) is 11.7. The van der Waals surface area contributed by atoms with Gasteiger partial charge in [-0.2, -0.15) is 0 Å². The Morgan fingerprint density at radius 3 is 2.76 bits per heavy atom. The fourth-order valence-corrected chi connectivity index (χ4v) is 5.95. The van der Waals surface area contributed by atoms with Crippen molar-refractivity contribution in [3.63, 3.8) is 0 Å². The lowest BCUT2D eigenvalue weighted by Gasteiger charge is -2.24. The number of aliphatic hydroxyl groups excluding tert-OH is 2. The van der Waals surface area contributed by atoms with E-state index in [-0.39, 0.29) is 23.5 Å². The van der Waals surface area contributed by atoms with E-state index in [9.17, 15) is 24.5 Å². The standard InChI is InChI=1S/C26H26ClFO5/c27-18-2-1-3-19(28)24(18)26(10-11-26)23(30)9-8-16-17-7-6-14-4-5-15(25(31)32)12-21(14)33-22(17)13-20(16)29/h1-5,8-9,12,16-17,20,22-23,29-30H,6-7,10-11,13H2,(H,31,32)/b9-8+/t16-,17-,20-,22+,23?/m1/s1. The van der Waals surface area contributed by atoms with Gasteiger partial charge in [0.05, 0.1) is 17.8 Å². The number of hydrogen-bond donors (Lipinski definition) is 3. The van der Waals surface area contributed by atoms with Crippen LogP contribution in [0.25, 0.3) is 0 Å². The summed E-state index contributed by atoms with van der Waals surface area (Å²) >= 11 is 6.26. The number of carboxylic acid groups (broad SMARTS) is 1. The summed E-state index contributed by atoms with van der Waals surface area (Å²) in [7, 11) is 0. The van der Waals surface area contributed by atoms with Crippen molar-refractivity contribution in [2.24, 2.45) is 11.8 Å². The van der Waals surface area contributed by atoms with Gasteiger partial charge in [-0.05, 0) is 55.5 Å². The van der Waals surface area contributed by atoms with Gasteiger partial charge in [-0.3, -0.25) is 0 Å². The minimum Gasteiger partial charge on any atom is -0.490 e. The zero-order valence-electron chi connectivity index (χ0n) is 18.0. The molecule has 3 aliphatic rings. The highest BCUT2D eigenvalue weighted by atomic mass is 35.5. The molecule has 174 valence electrons. The van der Waals surface area contributed by atoms with Crippen LogP contribution >= 0.6 is 11.6 Å². The fraction of sp³-hybridized carbons (Fsp3) is 0.423. The molecule has 2 aromatic carbocycles. The van der Waals surface area contributed by atoms with Crippen molar-refractivity contribution in [2.45, 2.75) is 55.8 Å². The molecule has 0 spiro atoms. The Bertz CT molecular complexity index is 1090. The number of hydrogen-bond acceptors (Lipinski definition) is 4. The van der Waals surface area contributed by atoms with Gasteiger partial charge in [0.25, 0.3) is 0 Å². The highest BCUT2D eigenvalue weighted by molar-refractivity contribution is 6.31. The molecule has 1 aliphatic heterocycles. The van der Waals surface area contributed by atoms with E-state index >= 15 is 0 Å². The molecular formula is C26H26ClFO5.